The lowest BCUT2D eigenvalue weighted by Crippen LogP contribution is -2.25. The van der Waals surface area contributed by atoms with Crippen molar-refractivity contribution in [3.63, 3.8) is 0 Å². The molecule has 1 aliphatic rings. The van der Waals surface area contributed by atoms with Crippen molar-refractivity contribution in [1.29, 1.82) is 0 Å². The molecule has 0 aromatic heterocycles. The zero-order valence-electron chi connectivity index (χ0n) is 7.16. The lowest BCUT2D eigenvalue weighted by atomic mass is 9.91. The van der Waals surface area contributed by atoms with Gasteiger partial charge in [-0.05, 0) is 18.9 Å². The summed E-state index contributed by atoms with van der Waals surface area (Å²) in [5.74, 6) is -3.00. The van der Waals surface area contributed by atoms with Crippen LogP contribution in [-0.4, -0.2) is 6.18 Å². The van der Waals surface area contributed by atoms with E-state index in [1.54, 1.807) is 6.92 Å². The van der Waals surface area contributed by atoms with Crippen molar-refractivity contribution in [1.82, 2.24) is 0 Å². The van der Waals surface area contributed by atoms with Gasteiger partial charge in [0, 0.05) is 0 Å². The summed E-state index contributed by atoms with van der Waals surface area (Å²) in [4.78, 5) is 0. The van der Waals surface area contributed by atoms with Gasteiger partial charge in [0.2, 0.25) is 0 Å². The van der Waals surface area contributed by atoms with Gasteiger partial charge in [-0.2, -0.15) is 13.2 Å². The Kier molecular flexibility index (Phi) is 2.78. The third-order valence-corrected chi connectivity index (χ3v) is 2.13. The molecule has 0 radical (unpaired) electrons. The van der Waals surface area contributed by atoms with Crippen LogP contribution in [0.3, 0.4) is 0 Å². The van der Waals surface area contributed by atoms with Crippen molar-refractivity contribution in [3.8, 4) is 0 Å². The molecule has 0 fully saturated rings. The van der Waals surface area contributed by atoms with E-state index in [1.165, 1.54) is 6.08 Å². The average molecular weight is 194 g/mol. The van der Waals surface area contributed by atoms with E-state index in [2.05, 4.69) is 0 Å². The molecule has 0 saturated carbocycles. The first-order chi connectivity index (χ1) is 5.95. The summed E-state index contributed by atoms with van der Waals surface area (Å²) in [5, 5.41) is 0. The van der Waals surface area contributed by atoms with Crippen molar-refractivity contribution < 1.29 is 17.6 Å². The SMILES string of the molecule is CCC1=CC=C(F)C(C(F)(F)F)C1. The summed E-state index contributed by atoms with van der Waals surface area (Å²) in [5.41, 5.74) is 0.642. The predicted molar refractivity (Wildman–Crippen MR) is 41.7 cm³/mol. The molecule has 0 aliphatic heterocycles. The van der Waals surface area contributed by atoms with Crippen LogP contribution in [0.5, 0.6) is 0 Å². The van der Waals surface area contributed by atoms with Gasteiger partial charge >= 0.3 is 6.18 Å². The van der Waals surface area contributed by atoms with Crippen molar-refractivity contribution in [2.45, 2.75) is 25.9 Å². The minimum Gasteiger partial charge on any atom is -0.211 e. The molecule has 13 heavy (non-hydrogen) atoms. The molecule has 1 aliphatic carbocycles. The molecule has 0 N–H and O–H groups in total. The van der Waals surface area contributed by atoms with E-state index in [0.717, 1.165) is 6.08 Å². The van der Waals surface area contributed by atoms with E-state index in [1.807, 2.05) is 0 Å². The monoisotopic (exact) mass is 194 g/mol. The van der Waals surface area contributed by atoms with Gasteiger partial charge in [-0.1, -0.05) is 18.6 Å². The third kappa shape index (κ3) is 2.32. The van der Waals surface area contributed by atoms with Crippen LogP contribution >= 0.6 is 0 Å². The molecule has 0 saturated heterocycles. The van der Waals surface area contributed by atoms with Crippen LogP contribution in [0.1, 0.15) is 19.8 Å². The minimum atomic E-state index is -4.46. The van der Waals surface area contributed by atoms with E-state index in [0.29, 0.717) is 12.0 Å². The lowest BCUT2D eigenvalue weighted by Gasteiger charge is -2.22. The second kappa shape index (κ2) is 3.52. The Morgan fingerprint density at radius 2 is 2.00 bits per heavy atom. The summed E-state index contributed by atoms with van der Waals surface area (Å²) in [6.45, 7) is 1.76. The molecule has 0 bridgehead atoms. The number of allylic oxidation sites excluding steroid dienone is 4. The third-order valence-electron chi connectivity index (χ3n) is 2.13. The second-order valence-corrected chi connectivity index (χ2v) is 3.03. The zero-order valence-corrected chi connectivity index (χ0v) is 7.16. The van der Waals surface area contributed by atoms with E-state index < -0.39 is 17.9 Å². The number of halogens is 4. The van der Waals surface area contributed by atoms with E-state index in [4.69, 9.17) is 0 Å². The van der Waals surface area contributed by atoms with E-state index in [-0.39, 0.29) is 6.42 Å². The zero-order chi connectivity index (χ0) is 10.1. The lowest BCUT2D eigenvalue weighted by molar-refractivity contribution is -0.168. The van der Waals surface area contributed by atoms with Gasteiger partial charge in [0.25, 0.3) is 0 Å². The van der Waals surface area contributed by atoms with Gasteiger partial charge in [-0.3, -0.25) is 0 Å². The molecule has 0 heterocycles. The Hall–Kier alpha value is -0.800. The van der Waals surface area contributed by atoms with Crippen molar-refractivity contribution in [2.75, 3.05) is 0 Å². The fraction of sp³-hybridized carbons (Fsp3) is 0.556. The molecule has 0 nitrogen and oxygen atoms in total. The van der Waals surface area contributed by atoms with Gasteiger partial charge in [-0.25, -0.2) is 4.39 Å². The summed E-state index contributed by atoms with van der Waals surface area (Å²) < 4.78 is 49.3. The molecule has 0 aromatic rings. The van der Waals surface area contributed by atoms with Gasteiger partial charge in [0.15, 0.2) is 0 Å². The molecular formula is C9H10F4. The molecule has 0 spiro atoms. The molecule has 1 rings (SSSR count). The maximum Gasteiger partial charge on any atom is 0.398 e. The van der Waals surface area contributed by atoms with E-state index in [9.17, 15) is 17.6 Å². The quantitative estimate of drug-likeness (QED) is 0.557. The molecule has 74 valence electrons. The second-order valence-electron chi connectivity index (χ2n) is 3.03. The highest BCUT2D eigenvalue weighted by molar-refractivity contribution is 5.24. The molecule has 1 atom stereocenters. The fourth-order valence-corrected chi connectivity index (χ4v) is 1.28. The maximum absolute atomic E-state index is 12.8. The Morgan fingerprint density at radius 1 is 1.38 bits per heavy atom. The van der Waals surface area contributed by atoms with Crippen LogP contribution in [-0.2, 0) is 0 Å². The summed E-state index contributed by atoms with van der Waals surface area (Å²) in [6, 6.07) is 0. The highest BCUT2D eigenvalue weighted by atomic mass is 19.4. The molecule has 1 unspecified atom stereocenters. The number of alkyl halides is 3. The van der Waals surface area contributed by atoms with Crippen LogP contribution in [0.4, 0.5) is 17.6 Å². The Morgan fingerprint density at radius 3 is 2.46 bits per heavy atom. The van der Waals surface area contributed by atoms with Crippen LogP contribution in [0.15, 0.2) is 23.6 Å². The topological polar surface area (TPSA) is 0 Å². The Balaban J connectivity index is 2.83. The molecule has 0 aromatic carbocycles. The van der Waals surface area contributed by atoms with Crippen LogP contribution in [0.2, 0.25) is 0 Å². The van der Waals surface area contributed by atoms with Crippen molar-refractivity contribution in [2.24, 2.45) is 5.92 Å². The van der Waals surface area contributed by atoms with Crippen LogP contribution in [0.25, 0.3) is 0 Å². The standard InChI is InChI=1S/C9H10F4/c1-2-6-3-4-8(10)7(5-6)9(11,12)13/h3-4,7H,2,5H2,1H3. The molecule has 0 amide bonds. The highest BCUT2D eigenvalue weighted by Gasteiger charge is 2.43. The minimum absolute atomic E-state index is 0.234. The van der Waals surface area contributed by atoms with Gasteiger partial charge in [-0.15, -0.1) is 0 Å². The van der Waals surface area contributed by atoms with Crippen molar-refractivity contribution in [3.05, 3.63) is 23.6 Å². The van der Waals surface area contributed by atoms with Crippen LogP contribution in [0, 0.1) is 5.92 Å². The highest BCUT2D eigenvalue weighted by Crippen LogP contribution is 2.39. The number of rotatable bonds is 1. The number of hydrogen-bond acceptors (Lipinski definition) is 0. The first-order valence-electron chi connectivity index (χ1n) is 4.07. The average Bonchev–Trinajstić information content (AvgIpc) is 2.03. The normalized spacial score (nSPS) is 23.9. The molecular weight excluding hydrogens is 184 g/mol. The maximum atomic E-state index is 12.8. The summed E-state index contributed by atoms with van der Waals surface area (Å²) in [7, 11) is 0. The van der Waals surface area contributed by atoms with E-state index >= 15 is 0 Å². The smallest absolute Gasteiger partial charge is 0.211 e. The van der Waals surface area contributed by atoms with Crippen molar-refractivity contribution >= 4 is 0 Å². The first kappa shape index (κ1) is 10.3. The summed E-state index contributed by atoms with van der Waals surface area (Å²) >= 11 is 0. The van der Waals surface area contributed by atoms with Gasteiger partial charge < -0.3 is 0 Å². The largest absolute Gasteiger partial charge is 0.398 e. The predicted octanol–water partition coefficient (Wildman–Crippen LogP) is 3.76. The Bertz CT molecular complexity index is 247. The molecule has 4 heteroatoms. The first-order valence-corrected chi connectivity index (χ1v) is 4.07. The summed E-state index contributed by atoms with van der Waals surface area (Å²) in [6.07, 6.45) is -1.81. The number of hydrogen-bond donors (Lipinski definition) is 0. The van der Waals surface area contributed by atoms with Gasteiger partial charge in [0.05, 0.1) is 0 Å². The van der Waals surface area contributed by atoms with Crippen LogP contribution < -0.4 is 0 Å². The fourth-order valence-electron chi connectivity index (χ4n) is 1.28. The van der Waals surface area contributed by atoms with Gasteiger partial charge in [0.1, 0.15) is 11.7 Å². The Labute approximate surface area is 73.9 Å².